The molecule has 0 saturated carbocycles. The van der Waals surface area contributed by atoms with E-state index >= 15 is 0 Å². The zero-order chi connectivity index (χ0) is 28.9. The van der Waals surface area contributed by atoms with Gasteiger partial charge in [-0.15, -0.1) is 0 Å². The molecule has 2 aromatic carbocycles. The zero-order valence-electron chi connectivity index (χ0n) is 23.2. The SMILES string of the molecule is O=C(NC[C@@H]1CCCO1)c1ccc2c(=O)n(Cc3ccco3)c(SCC(=O)N3CCN(c4ccccc4)CC3)nc2c1. The van der Waals surface area contributed by atoms with Crippen molar-refractivity contribution in [1.29, 1.82) is 0 Å². The Morgan fingerprint density at radius 3 is 2.60 bits per heavy atom. The largest absolute Gasteiger partial charge is 0.467 e. The van der Waals surface area contributed by atoms with Crippen molar-refractivity contribution in [2.24, 2.45) is 0 Å². The highest BCUT2D eigenvalue weighted by Crippen LogP contribution is 2.22. The summed E-state index contributed by atoms with van der Waals surface area (Å²) in [6.07, 6.45) is 3.51. The van der Waals surface area contributed by atoms with Crippen LogP contribution < -0.4 is 15.8 Å². The van der Waals surface area contributed by atoms with Gasteiger partial charge in [-0.3, -0.25) is 19.0 Å². The van der Waals surface area contributed by atoms with Crippen molar-refractivity contribution in [1.82, 2.24) is 19.8 Å². The number of nitrogens with one attached hydrogen (secondary N) is 1. The number of hydrogen-bond acceptors (Lipinski definition) is 8. The van der Waals surface area contributed by atoms with E-state index in [0.717, 1.165) is 38.2 Å². The summed E-state index contributed by atoms with van der Waals surface area (Å²) >= 11 is 1.23. The number of hydrogen-bond donors (Lipinski definition) is 1. The molecular formula is C31H33N5O5S. The molecular weight excluding hydrogens is 554 g/mol. The number of nitrogens with zero attached hydrogens (tertiary/aromatic N) is 4. The van der Waals surface area contributed by atoms with Crippen LogP contribution in [0.15, 0.2) is 81.3 Å². The van der Waals surface area contributed by atoms with Crippen LogP contribution in [0.3, 0.4) is 0 Å². The summed E-state index contributed by atoms with van der Waals surface area (Å²) in [5, 5.41) is 3.71. The zero-order valence-corrected chi connectivity index (χ0v) is 24.1. The Morgan fingerprint density at radius 2 is 1.86 bits per heavy atom. The number of aromatic nitrogens is 2. The number of anilines is 1. The number of thioether (sulfide) groups is 1. The number of benzene rings is 2. The van der Waals surface area contributed by atoms with Crippen molar-refractivity contribution in [2.75, 3.05) is 50.0 Å². The quantitative estimate of drug-likeness (QED) is 0.235. The van der Waals surface area contributed by atoms with E-state index in [2.05, 4.69) is 22.3 Å². The Morgan fingerprint density at radius 1 is 1.02 bits per heavy atom. The Balaban J connectivity index is 1.18. The third-order valence-electron chi connectivity index (χ3n) is 7.67. The van der Waals surface area contributed by atoms with Crippen LogP contribution in [0.1, 0.15) is 29.0 Å². The van der Waals surface area contributed by atoms with E-state index in [1.807, 2.05) is 23.1 Å². The minimum absolute atomic E-state index is 0.00568. The minimum atomic E-state index is -0.255. The maximum absolute atomic E-state index is 13.6. The highest BCUT2D eigenvalue weighted by Gasteiger charge is 2.23. The standard InChI is InChI=1S/C31H33N5O5S/c37-28(35-14-12-34(13-15-35)23-6-2-1-3-7-23)21-42-31-33-27-18-22(29(38)32-19-24-8-4-16-40-24)10-11-26(27)30(39)36(31)20-25-9-5-17-41-25/h1-3,5-7,9-11,17-18,24H,4,8,12-16,19-21H2,(H,32,38)/t24-/m0/s1. The van der Waals surface area contributed by atoms with E-state index in [4.69, 9.17) is 14.1 Å². The number of para-hydroxylation sites is 1. The summed E-state index contributed by atoms with van der Waals surface area (Å²) < 4.78 is 12.6. The van der Waals surface area contributed by atoms with Crippen molar-refractivity contribution in [2.45, 2.75) is 30.6 Å². The van der Waals surface area contributed by atoms with E-state index < -0.39 is 0 Å². The first-order valence-electron chi connectivity index (χ1n) is 14.2. The predicted octanol–water partition coefficient (Wildman–Crippen LogP) is 3.39. The molecule has 0 unspecified atom stereocenters. The second-order valence-electron chi connectivity index (χ2n) is 10.4. The van der Waals surface area contributed by atoms with Crippen molar-refractivity contribution in [3.63, 3.8) is 0 Å². The van der Waals surface area contributed by atoms with E-state index in [9.17, 15) is 14.4 Å². The lowest BCUT2D eigenvalue weighted by atomic mass is 10.1. The molecule has 4 aromatic rings. The van der Waals surface area contributed by atoms with Gasteiger partial charge in [-0.1, -0.05) is 30.0 Å². The van der Waals surface area contributed by atoms with Crippen LogP contribution in [0, 0.1) is 0 Å². The number of amides is 2. The fourth-order valence-electron chi connectivity index (χ4n) is 5.33. The van der Waals surface area contributed by atoms with Crippen molar-refractivity contribution in [3.8, 4) is 0 Å². The third kappa shape index (κ3) is 6.37. The van der Waals surface area contributed by atoms with Crippen molar-refractivity contribution < 1.29 is 18.7 Å². The normalized spacial score (nSPS) is 17.1. The maximum Gasteiger partial charge on any atom is 0.262 e. The number of fused-ring (bicyclic) bond motifs is 1. The summed E-state index contributed by atoms with van der Waals surface area (Å²) in [7, 11) is 0. The van der Waals surface area contributed by atoms with Crippen LogP contribution in [0.5, 0.6) is 0 Å². The molecule has 0 bridgehead atoms. The monoisotopic (exact) mass is 587 g/mol. The molecule has 2 amide bonds. The summed E-state index contributed by atoms with van der Waals surface area (Å²) in [6.45, 7) is 4.12. The number of ether oxygens (including phenoxy) is 1. The first kappa shape index (κ1) is 28.0. The van der Waals surface area contributed by atoms with Crippen LogP contribution >= 0.6 is 11.8 Å². The summed E-state index contributed by atoms with van der Waals surface area (Å²) in [6, 6.07) is 18.7. The second kappa shape index (κ2) is 12.8. The molecule has 10 nitrogen and oxygen atoms in total. The van der Waals surface area contributed by atoms with Crippen LogP contribution in [-0.4, -0.2) is 77.5 Å². The highest BCUT2D eigenvalue weighted by molar-refractivity contribution is 7.99. The Labute approximate surface area is 247 Å². The van der Waals surface area contributed by atoms with E-state index in [0.29, 0.717) is 47.0 Å². The van der Waals surface area contributed by atoms with Crippen LogP contribution in [-0.2, 0) is 16.1 Å². The fourth-order valence-corrected chi connectivity index (χ4v) is 6.24. The number of carbonyl (C=O) groups excluding carboxylic acids is 2. The van der Waals surface area contributed by atoms with Gasteiger partial charge >= 0.3 is 0 Å². The molecule has 2 fully saturated rings. The molecule has 42 heavy (non-hydrogen) atoms. The molecule has 0 radical (unpaired) electrons. The molecule has 2 aromatic heterocycles. The molecule has 2 aliphatic heterocycles. The highest BCUT2D eigenvalue weighted by atomic mass is 32.2. The molecule has 1 atom stereocenters. The molecule has 4 heterocycles. The minimum Gasteiger partial charge on any atom is -0.467 e. The first-order chi connectivity index (χ1) is 20.5. The summed E-state index contributed by atoms with van der Waals surface area (Å²) in [4.78, 5) is 48.6. The van der Waals surface area contributed by atoms with Gasteiger partial charge in [0.25, 0.3) is 11.5 Å². The lowest BCUT2D eigenvalue weighted by Crippen LogP contribution is -2.49. The third-order valence-corrected chi connectivity index (χ3v) is 8.63. The van der Waals surface area contributed by atoms with Crippen molar-refractivity contribution >= 4 is 40.2 Å². The molecule has 218 valence electrons. The number of furan rings is 1. The predicted molar refractivity (Wildman–Crippen MR) is 161 cm³/mol. The first-order valence-corrected chi connectivity index (χ1v) is 15.2. The molecule has 0 aliphatic carbocycles. The van der Waals surface area contributed by atoms with E-state index in [-0.39, 0.29) is 35.8 Å². The average Bonchev–Trinajstić information content (AvgIpc) is 3.75. The van der Waals surface area contributed by atoms with Gasteiger partial charge in [-0.2, -0.15) is 0 Å². The van der Waals surface area contributed by atoms with Gasteiger partial charge in [0.2, 0.25) is 5.91 Å². The van der Waals surface area contributed by atoms with Gasteiger partial charge in [-0.25, -0.2) is 4.98 Å². The van der Waals surface area contributed by atoms with Gasteiger partial charge in [0, 0.05) is 50.6 Å². The molecule has 11 heteroatoms. The molecule has 6 rings (SSSR count). The van der Waals surface area contributed by atoms with Gasteiger partial charge in [0.15, 0.2) is 5.16 Å². The summed E-state index contributed by atoms with van der Waals surface area (Å²) in [5.41, 5.74) is 1.72. The van der Waals surface area contributed by atoms with E-state index in [1.54, 1.807) is 36.6 Å². The van der Waals surface area contributed by atoms with Crippen LogP contribution in [0.2, 0.25) is 0 Å². The second-order valence-corrected chi connectivity index (χ2v) is 11.4. The summed E-state index contributed by atoms with van der Waals surface area (Å²) in [5.74, 6) is 0.499. The van der Waals surface area contributed by atoms with E-state index in [1.165, 1.54) is 16.3 Å². The van der Waals surface area contributed by atoms with Gasteiger partial charge in [-0.05, 0) is 55.3 Å². The fraction of sp³-hybridized carbons (Fsp3) is 0.355. The van der Waals surface area contributed by atoms with Gasteiger partial charge in [0.05, 0.1) is 35.6 Å². The van der Waals surface area contributed by atoms with Crippen LogP contribution in [0.4, 0.5) is 5.69 Å². The van der Waals surface area contributed by atoms with Crippen LogP contribution in [0.25, 0.3) is 10.9 Å². The number of carbonyl (C=O) groups is 2. The molecule has 0 spiro atoms. The number of rotatable bonds is 9. The Kier molecular flexibility index (Phi) is 8.57. The lowest BCUT2D eigenvalue weighted by molar-refractivity contribution is -0.128. The van der Waals surface area contributed by atoms with Gasteiger partial charge < -0.3 is 24.3 Å². The topological polar surface area (TPSA) is 110 Å². The Hall–Kier alpha value is -4.09. The van der Waals surface area contributed by atoms with Crippen molar-refractivity contribution in [3.05, 3.63) is 88.6 Å². The smallest absolute Gasteiger partial charge is 0.262 e. The Bertz CT molecular complexity index is 1590. The number of piperazine rings is 1. The molecule has 2 aliphatic rings. The molecule has 2 saturated heterocycles. The lowest BCUT2D eigenvalue weighted by Gasteiger charge is -2.36. The van der Waals surface area contributed by atoms with Gasteiger partial charge in [0.1, 0.15) is 5.76 Å². The average molecular weight is 588 g/mol. The molecule has 1 N–H and O–H groups in total. The maximum atomic E-state index is 13.6.